The highest BCUT2D eigenvalue weighted by Crippen LogP contribution is 2.68. The Morgan fingerprint density at radius 1 is 1.35 bits per heavy atom. The zero-order valence-corrected chi connectivity index (χ0v) is 11.0. The zero-order chi connectivity index (χ0) is 12.6. The Bertz CT molecular complexity index is 409. The molecule has 3 saturated carbocycles. The fourth-order valence-corrected chi connectivity index (χ4v) is 4.95. The maximum absolute atomic E-state index is 12.4. The van der Waals surface area contributed by atoms with Gasteiger partial charge in [-0.25, -0.2) is 0 Å². The Kier molecular flexibility index (Phi) is 2.04. The molecule has 3 aliphatic rings. The fraction of sp³-hybridized carbons (Fsp3) is 0.800. The predicted molar refractivity (Wildman–Crippen MR) is 66.4 cm³/mol. The van der Waals surface area contributed by atoms with Gasteiger partial charge in [-0.15, -0.1) is 0 Å². The molecule has 0 amide bonds. The Labute approximate surface area is 103 Å². The number of ketones is 1. The molecule has 0 spiro atoms. The van der Waals surface area contributed by atoms with Gasteiger partial charge in [-0.2, -0.15) is 0 Å². The van der Waals surface area contributed by atoms with Crippen LogP contribution in [0.25, 0.3) is 0 Å². The maximum atomic E-state index is 12.4. The van der Waals surface area contributed by atoms with Crippen molar-refractivity contribution in [3.8, 4) is 0 Å². The summed E-state index contributed by atoms with van der Waals surface area (Å²) in [7, 11) is 0. The highest BCUT2D eigenvalue weighted by atomic mass is 16.3. The van der Waals surface area contributed by atoms with E-state index in [1.54, 1.807) is 0 Å². The van der Waals surface area contributed by atoms with Gasteiger partial charge in [0.15, 0.2) is 0 Å². The van der Waals surface area contributed by atoms with E-state index in [-0.39, 0.29) is 22.9 Å². The molecule has 0 heterocycles. The summed E-state index contributed by atoms with van der Waals surface area (Å²) in [6.07, 6.45) is 2.16. The number of Topliss-reactive ketones (excluding diaryl/α,β-unsaturated/α-hetero) is 1. The molecular formula is C15H22O2. The summed E-state index contributed by atoms with van der Waals surface area (Å²) in [4.78, 5) is 12.4. The predicted octanol–water partition coefficient (Wildman–Crippen LogP) is 2.56. The molecule has 3 rings (SSSR count). The molecule has 4 bridgehead atoms. The number of hydrogen-bond acceptors (Lipinski definition) is 2. The van der Waals surface area contributed by atoms with E-state index < -0.39 is 0 Å². The smallest absolute Gasteiger partial charge is 0.143 e. The van der Waals surface area contributed by atoms with Gasteiger partial charge in [0.25, 0.3) is 0 Å². The molecule has 3 aliphatic carbocycles. The number of carbonyl (C=O) groups excluding carboxylic acids is 1. The van der Waals surface area contributed by atoms with E-state index in [9.17, 15) is 9.90 Å². The zero-order valence-electron chi connectivity index (χ0n) is 11.0. The van der Waals surface area contributed by atoms with Crippen LogP contribution in [-0.4, -0.2) is 17.0 Å². The van der Waals surface area contributed by atoms with Crippen LogP contribution in [-0.2, 0) is 4.79 Å². The number of aliphatic hydroxyl groups is 1. The summed E-state index contributed by atoms with van der Waals surface area (Å²) in [6, 6.07) is 0. The molecule has 5 atom stereocenters. The van der Waals surface area contributed by atoms with Crippen LogP contribution in [0.4, 0.5) is 0 Å². The molecule has 17 heavy (non-hydrogen) atoms. The van der Waals surface area contributed by atoms with E-state index >= 15 is 0 Å². The van der Waals surface area contributed by atoms with Gasteiger partial charge in [-0.3, -0.25) is 4.79 Å². The van der Waals surface area contributed by atoms with E-state index in [4.69, 9.17) is 0 Å². The van der Waals surface area contributed by atoms with Gasteiger partial charge in [0.2, 0.25) is 0 Å². The van der Waals surface area contributed by atoms with Crippen LogP contribution in [0.15, 0.2) is 12.2 Å². The van der Waals surface area contributed by atoms with Crippen molar-refractivity contribution in [3.63, 3.8) is 0 Å². The minimum Gasteiger partial charge on any atom is -0.392 e. The second-order valence-electron chi connectivity index (χ2n) is 7.10. The summed E-state index contributed by atoms with van der Waals surface area (Å²) in [5.74, 6) is 1.28. The van der Waals surface area contributed by atoms with Crippen molar-refractivity contribution < 1.29 is 9.90 Å². The Balaban J connectivity index is 2.17. The molecule has 0 aromatic rings. The van der Waals surface area contributed by atoms with Crippen LogP contribution in [0.3, 0.4) is 0 Å². The summed E-state index contributed by atoms with van der Waals surface area (Å²) in [5, 5.41) is 10.2. The van der Waals surface area contributed by atoms with Crippen LogP contribution in [0.5, 0.6) is 0 Å². The molecule has 94 valence electrons. The monoisotopic (exact) mass is 234 g/mol. The van der Waals surface area contributed by atoms with Gasteiger partial charge < -0.3 is 5.11 Å². The largest absolute Gasteiger partial charge is 0.392 e. The molecular weight excluding hydrogens is 212 g/mol. The van der Waals surface area contributed by atoms with Gasteiger partial charge in [0, 0.05) is 12.3 Å². The van der Waals surface area contributed by atoms with E-state index in [0.29, 0.717) is 24.0 Å². The highest BCUT2D eigenvalue weighted by molar-refractivity contribution is 5.89. The van der Waals surface area contributed by atoms with Crippen LogP contribution in [0.2, 0.25) is 0 Å². The summed E-state index contributed by atoms with van der Waals surface area (Å²) in [6.45, 7) is 10.8. The minimum absolute atomic E-state index is 0.152. The number of rotatable bonds is 0. The van der Waals surface area contributed by atoms with Crippen LogP contribution in [0, 0.1) is 28.6 Å². The fourth-order valence-electron chi connectivity index (χ4n) is 4.95. The van der Waals surface area contributed by atoms with E-state index in [1.807, 2.05) is 0 Å². The first kappa shape index (κ1) is 11.5. The lowest BCUT2D eigenvalue weighted by Crippen LogP contribution is -2.38. The topological polar surface area (TPSA) is 37.3 Å². The van der Waals surface area contributed by atoms with Crippen molar-refractivity contribution in [3.05, 3.63) is 12.2 Å². The van der Waals surface area contributed by atoms with Gasteiger partial charge in [-0.1, -0.05) is 26.0 Å². The first-order valence-electron chi connectivity index (χ1n) is 6.71. The first-order valence-corrected chi connectivity index (χ1v) is 6.71. The van der Waals surface area contributed by atoms with Crippen LogP contribution in [0.1, 0.15) is 40.0 Å². The molecule has 2 nitrogen and oxygen atoms in total. The quantitative estimate of drug-likeness (QED) is 0.654. The lowest BCUT2D eigenvalue weighted by Gasteiger charge is -2.36. The number of carbonyl (C=O) groups is 1. The van der Waals surface area contributed by atoms with E-state index in [2.05, 4.69) is 27.4 Å². The Morgan fingerprint density at radius 3 is 2.65 bits per heavy atom. The molecule has 2 heteroatoms. The van der Waals surface area contributed by atoms with E-state index in [0.717, 1.165) is 18.4 Å². The third-order valence-corrected chi connectivity index (χ3v) is 6.02. The van der Waals surface area contributed by atoms with Gasteiger partial charge in [0.1, 0.15) is 5.78 Å². The van der Waals surface area contributed by atoms with Gasteiger partial charge in [0.05, 0.1) is 11.5 Å². The van der Waals surface area contributed by atoms with Crippen molar-refractivity contribution in [1.82, 2.24) is 0 Å². The third kappa shape index (κ3) is 1.13. The van der Waals surface area contributed by atoms with Crippen LogP contribution < -0.4 is 0 Å². The first-order chi connectivity index (χ1) is 7.80. The van der Waals surface area contributed by atoms with E-state index in [1.165, 1.54) is 0 Å². The average Bonchev–Trinajstić information content (AvgIpc) is 2.68. The second-order valence-corrected chi connectivity index (χ2v) is 7.10. The molecule has 1 N–H and O–H groups in total. The molecule has 2 unspecified atom stereocenters. The van der Waals surface area contributed by atoms with Gasteiger partial charge >= 0.3 is 0 Å². The normalized spacial score (nSPS) is 51.8. The number of aliphatic hydroxyl groups excluding tert-OH is 1. The Hall–Kier alpha value is -0.630. The highest BCUT2D eigenvalue weighted by Gasteiger charge is 2.67. The second kappa shape index (κ2) is 3.03. The molecule has 3 fully saturated rings. The van der Waals surface area contributed by atoms with Crippen molar-refractivity contribution in [2.75, 3.05) is 0 Å². The molecule has 0 saturated heterocycles. The lowest BCUT2D eigenvalue weighted by atomic mass is 9.67. The lowest BCUT2D eigenvalue weighted by molar-refractivity contribution is -0.128. The third-order valence-electron chi connectivity index (χ3n) is 6.02. The number of hydrogen-bond donors (Lipinski definition) is 1. The van der Waals surface area contributed by atoms with Gasteiger partial charge in [-0.05, 0) is 37.0 Å². The SMILES string of the molecule is C=C1C2C3[C@@H](C[C@@H]2O)[C@]1(C)C(=O)CCC3(C)C. The standard InChI is InChI=1S/C15H22O2/c1-8-12-10(16)7-9-13(12)14(2,3)6-5-11(17)15(8,9)4/h9-10,12-13,16H,1,5-7H2,2-4H3/t9-,10+,12?,13?,15-/m1/s1. The Morgan fingerprint density at radius 2 is 2.00 bits per heavy atom. The molecule has 0 radical (unpaired) electrons. The van der Waals surface area contributed by atoms with Crippen molar-refractivity contribution >= 4 is 5.78 Å². The van der Waals surface area contributed by atoms with Crippen molar-refractivity contribution in [2.24, 2.45) is 28.6 Å². The van der Waals surface area contributed by atoms with Crippen LogP contribution >= 0.6 is 0 Å². The maximum Gasteiger partial charge on any atom is 0.143 e. The van der Waals surface area contributed by atoms with Crippen molar-refractivity contribution in [1.29, 1.82) is 0 Å². The molecule has 0 aliphatic heterocycles. The minimum atomic E-state index is -0.345. The molecule has 0 aromatic carbocycles. The summed E-state index contributed by atoms with van der Waals surface area (Å²) < 4.78 is 0. The molecule has 0 aromatic heterocycles. The summed E-state index contributed by atoms with van der Waals surface area (Å²) >= 11 is 0. The summed E-state index contributed by atoms with van der Waals surface area (Å²) in [5.41, 5.74) is 0.825. The van der Waals surface area contributed by atoms with Crippen molar-refractivity contribution in [2.45, 2.75) is 46.1 Å². The average molecular weight is 234 g/mol.